The fraction of sp³-hybridized carbons (Fsp3) is 0.455. The molecule has 2 aromatic carbocycles. The van der Waals surface area contributed by atoms with Crippen LogP contribution in [0.3, 0.4) is 0 Å². The number of nitriles is 4. The molecule has 198 valence electrons. The fourth-order valence-electron chi connectivity index (χ4n) is 6.40. The van der Waals surface area contributed by atoms with Gasteiger partial charge in [-0.2, -0.15) is 21.0 Å². The van der Waals surface area contributed by atoms with Crippen molar-refractivity contribution in [1.29, 1.82) is 21.0 Å². The minimum Gasteiger partial charge on any atom is -0.368 e. The van der Waals surface area contributed by atoms with Crippen molar-refractivity contribution in [2.45, 2.75) is 74.7 Å². The lowest BCUT2D eigenvalue weighted by Gasteiger charge is -2.49. The van der Waals surface area contributed by atoms with Crippen molar-refractivity contribution in [2.75, 3.05) is 0 Å². The van der Waals surface area contributed by atoms with Crippen LogP contribution in [0.25, 0.3) is 0 Å². The molecule has 0 unspecified atom stereocenters. The second-order valence-electron chi connectivity index (χ2n) is 11.5. The molecule has 2 aliphatic carbocycles. The number of ether oxygens (including phenoxy) is 1. The van der Waals surface area contributed by atoms with Gasteiger partial charge < -0.3 is 4.74 Å². The van der Waals surface area contributed by atoms with Crippen LogP contribution in [-0.2, 0) is 10.2 Å². The molecule has 2 aliphatic rings. The Kier molecular flexibility index (Phi) is 8.23. The summed E-state index contributed by atoms with van der Waals surface area (Å²) in [4.78, 5) is 0.861. The Bertz CT molecular complexity index is 1350. The van der Waals surface area contributed by atoms with E-state index in [4.69, 9.17) is 4.74 Å². The van der Waals surface area contributed by atoms with Gasteiger partial charge in [0.2, 0.25) is 5.41 Å². The van der Waals surface area contributed by atoms with Gasteiger partial charge in [-0.25, -0.2) is 0 Å². The summed E-state index contributed by atoms with van der Waals surface area (Å²) in [7, 11) is 0. The summed E-state index contributed by atoms with van der Waals surface area (Å²) in [5.41, 5.74) is -2.16. The smallest absolute Gasteiger partial charge is 0.206 e. The van der Waals surface area contributed by atoms with Crippen LogP contribution in [-0.4, -0.2) is 17.5 Å². The predicted octanol–water partition coefficient (Wildman–Crippen LogP) is 7.34. The molecule has 39 heavy (non-hydrogen) atoms. The van der Waals surface area contributed by atoms with E-state index < -0.39 is 22.2 Å². The summed E-state index contributed by atoms with van der Waals surface area (Å²) in [6.45, 7) is 8.52. The van der Waals surface area contributed by atoms with Crippen LogP contribution in [0.2, 0.25) is 0 Å². The molecule has 0 heterocycles. The molecule has 0 N–H and O–H groups in total. The normalized spacial score (nSPS) is 27.6. The summed E-state index contributed by atoms with van der Waals surface area (Å²) >= 11 is 1.34. The van der Waals surface area contributed by atoms with E-state index >= 15 is 0 Å². The molecule has 0 saturated heterocycles. The second-order valence-corrected chi connectivity index (χ2v) is 12.7. The summed E-state index contributed by atoms with van der Waals surface area (Å²) < 4.78 is 6.82. The molecule has 6 heteroatoms. The van der Waals surface area contributed by atoms with E-state index in [1.807, 2.05) is 61.5 Å². The number of benzene rings is 2. The Morgan fingerprint density at radius 2 is 1.41 bits per heavy atom. The molecule has 0 bridgehead atoms. The molecule has 0 radical (unpaired) electrons. The first kappa shape index (κ1) is 28.5. The zero-order valence-corrected chi connectivity index (χ0v) is 23.8. The van der Waals surface area contributed by atoms with Crippen molar-refractivity contribution >= 4 is 11.8 Å². The quantitative estimate of drug-likeness (QED) is 0.359. The highest BCUT2D eigenvalue weighted by atomic mass is 32.2. The second kappa shape index (κ2) is 11.3. The van der Waals surface area contributed by atoms with Gasteiger partial charge in [0.05, 0.1) is 35.6 Å². The van der Waals surface area contributed by atoms with E-state index in [9.17, 15) is 21.0 Å². The average molecular weight is 535 g/mol. The van der Waals surface area contributed by atoms with E-state index in [2.05, 4.69) is 57.2 Å². The minimum atomic E-state index is -2.00. The first-order chi connectivity index (χ1) is 18.7. The lowest BCUT2D eigenvalue weighted by atomic mass is 9.57. The molecule has 5 atom stereocenters. The van der Waals surface area contributed by atoms with E-state index in [1.165, 1.54) is 17.3 Å². The largest absolute Gasteiger partial charge is 0.368 e. The summed E-state index contributed by atoms with van der Waals surface area (Å²) in [6.07, 6.45) is 3.37. The van der Waals surface area contributed by atoms with Crippen LogP contribution in [0.5, 0.6) is 0 Å². The number of rotatable bonds is 6. The number of hydrogen-bond acceptors (Lipinski definition) is 6. The lowest BCUT2D eigenvalue weighted by molar-refractivity contribution is -0.104. The van der Waals surface area contributed by atoms with E-state index in [0.717, 1.165) is 29.7 Å². The Morgan fingerprint density at radius 3 is 1.97 bits per heavy atom. The van der Waals surface area contributed by atoms with Crippen LogP contribution in [0.15, 0.2) is 77.2 Å². The standard InChI is InChI=1S/C33H34N4OS/c1-23-15-16-27(31(3,4)25-11-7-5-8-12-25)28(17-23)38-29-18-24(2)30(39-26-13-9-6-10-14-26)33(21-36,22-37)32(29,19-34)20-35/h5-14,18,23,27-30H,15-17H2,1-4H3/t23-,27-,28-,29-,30-/m1/s1. The first-order valence-electron chi connectivity index (χ1n) is 13.4. The van der Waals surface area contributed by atoms with Gasteiger partial charge in [0.25, 0.3) is 0 Å². The maximum absolute atomic E-state index is 10.6. The highest BCUT2D eigenvalue weighted by Gasteiger charge is 2.66. The maximum Gasteiger partial charge on any atom is 0.206 e. The van der Waals surface area contributed by atoms with Gasteiger partial charge in [0.15, 0.2) is 5.41 Å². The van der Waals surface area contributed by atoms with Gasteiger partial charge in [-0.1, -0.05) is 87.4 Å². The third-order valence-electron chi connectivity index (χ3n) is 8.79. The Morgan fingerprint density at radius 1 is 0.846 bits per heavy atom. The Hall–Kier alpha value is -3.55. The van der Waals surface area contributed by atoms with Gasteiger partial charge in [-0.15, -0.1) is 11.8 Å². The van der Waals surface area contributed by atoms with Crippen LogP contribution in [0, 0.1) is 68.0 Å². The van der Waals surface area contributed by atoms with Crippen molar-refractivity contribution in [3.05, 3.63) is 77.9 Å². The van der Waals surface area contributed by atoms with Crippen molar-refractivity contribution in [2.24, 2.45) is 22.7 Å². The zero-order valence-electron chi connectivity index (χ0n) is 23.0. The van der Waals surface area contributed by atoms with Gasteiger partial charge in [0.1, 0.15) is 6.10 Å². The van der Waals surface area contributed by atoms with E-state index in [1.54, 1.807) is 0 Å². The van der Waals surface area contributed by atoms with Gasteiger partial charge >= 0.3 is 0 Å². The zero-order chi connectivity index (χ0) is 28.3. The Labute approximate surface area is 236 Å². The summed E-state index contributed by atoms with van der Waals surface area (Å²) in [5.74, 6) is 0.554. The van der Waals surface area contributed by atoms with Crippen LogP contribution >= 0.6 is 11.8 Å². The monoisotopic (exact) mass is 534 g/mol. The molecule has 2 aromatic rings. The molecule has 5 nitrogen and oxygen atoms in total. The minimum absolute atomic E-state index is 0.134. The molecule has 0 amide bonds. The number of hydrogen-bond donors (Lipinski definition) is 0. The van der Waals surface area contributed by atoms with Gasteiger partial charge in [0, 0.05) is 4.90 Å². The lowest BCUT2D eigenvalue weighted by Crippen LogP contribution is -2.57. The maximum atomic E-state index is 10.6. The highest BCUT2D eigenvalue weighted by molar-refractivity contribution is 8.00. The van der Waals surface area contributed by atoms with Crippen molar-refractivity contribution in [3.8, 4) is 24.3 Å². The first-order valence-corrected chi connectivity index (χ1v) is 14.3. The third-order valence-corrected chi connectivity index (χ3v) is 10.3. The van der Waals surface area contributed by atoms with Crippen LogP contribution < -0.4 is 0 Å². The van der Waals surface area contributed by atoms with Crippen molar-refractivity contribution < 1.29 is 4.74 Å². The number of nitrogens with zero attached hydrogens (tertiary/aromatic N) is 4. The number of thioether (sulfide) groups is 1. The van der Waals surface area contributed by atoms with Crippen LogP contribution in [0.4, 0.5) is 0 Å². The molecule has 1 fully saturated rings. The fourth-order valence-corrected chi connectivity index (χ4v) is 7.72. The molecule has 1 saturated carbocycles. The van der Waals surface area contributed by atoms with Gasteiger partial charge in [-0.3, -0.25) is 0 Å². The molecule has 0 aromatic heterocycles. The summed E-state index contributed by atoms with van der Waals surface area (Å²) in [6, 6.07) is 28.4. The SMILES string of the molecule is CC1=C[C@@H](O[C@@H]2C[C@H](C)CC[C@H]2C(C)(C)c2ccccc2)C(C#N)(C#N)C(C#N)(C#N)[C@@H]1Sc1ccccc1. The molecular formula is C33H34N4OS. The van der Waals surface area contributed by atoms with Crippen LogP contribution in [0.1, 0.15) is 52.5 Å². The van der Waals surface area contributed by atoms with Gasteiger partial charge in [-0.05, 0) is 54.7 Å². The Balaban J connectivity index is 1.79. The van der Waals surface area contributed by atoms with Crippen molar-refractivity contribution in [3.63, 3.8) is 0 Å². The molecular weight excluding hydrogens is 500 g/mol. The molecule has 4 rings (SSSR count). The molecule has 0 spiro atoms. The topological polar surface area (TPSA) is 104 Å². The highest BCUT2D eigenvalue weighted by Crippen LogP contribution is 2.56. The third kappa shape index (κ3) is 4.85. The average Bonchev–Trinajstić information content (AvgIpc) is 2.95. The summed E-state index contributed by atoms with van der Waals surface area (Å²) in [5, 5.41) is 41.5. The predicted molar refractivity (Wildman–Crippen MR) is 152 cm³/mol. The van der Waals surface area contributed by atoms with Crippen molar-refractivity contribution in [1.82, 2.24) is 0 Å². The molecule has 0 aliphatic heterocycles. The van der Waals surface area contributed by atoms with E-state index in [-0.39, 0.29) is 17.4 Å². The van der Waals surface area contributed by atoms with E-state index in [0.29, 0.717) is 5.92 Å².